The van der Waals surface area contributed by atoms with Crippen LogP contribution in [-0.2, 0) is 13.6 Å². The van der Waals surface area contributed by atoms with Crippen molar-refractivity contribution in [3.63, 3.8) is 0 Å². The molecule has 4 aromatic rings. The van der Waals surface area contributed by atoms with Gasteiger partial charge >= 0.3 is 0 Å². The van der Waals surface area contributed by atoms with Crippen LogP contribution in [0, 0.1) is 0 Å². The van der Waals surface area contributed by atoms with Gasteiger partial charge in [0.1, 0.15) is 10.6 Å². The predicted molar refractivity (Wildman–Crippen MR) is 88.2 cm³/mol. The highest BCUT2D eigenvalue weighted by molar-refractivity contribution is 7.20. The monoisotopic (exact) mass is 310 g/mol. The number of nitrogens with one attached hydrogen (secondary N) is 1. The van der Waals surface area contributed by atoms with Crippen molar-refractivity contribution in [1.29, 1.82) is 0 Å². The molecule has 0 aliphatic rings. The zero-order valence-electron chi connectivity index (χ0n) is 12.0. The highest BCUT2D eigenvalue weighted by Gasteiger charge is 2.15. The number of benzene rings is 1. The molecule has 3 heterocycles. The maximum atomic E-state index is 12.3. The molecule has 0 unspecified atom stereocenters. The van der Waals surface area contributed by atoms with Crippen LogP contribution in [0.5, 0.6) is 0 Å². The molecule has 110 valence electrons. The molecule has 1 amide bonds. The van der Waals surface area contributed by atoms with Gasteiger partial charge in [0.05, 0.1) is 17.7 Å². The third kappa shape index (κ3) is 2.02. The van der Waals surface area contributed by atoms with Crippen LogP contribution in [0.25, 0.3) is 21.1 Å². The van der Waals surface area contributed by atoms with Gasteiger partial charge in [-0.3, -0.25) is 4.79 Å². The third-order valence-electron chi connectivity index (χ3n) is 3.80. The molecule has 0 bridgehead atoms. The molecule has 0 spiro atoms. The second-order valence-corrected chi connectivity index (χ2v) is 6.20. The predicted octanol–water partition coefficient (Wildman–Crippen LogP) is 3.92. The van der Waals surface area contributed by atoms with E-state index in [4.69, 9.17) is 4.42 Å². The Kier molecular flexibility index (Phi) is 3.01. The lowest BCUT2D eigenvalue weighted by Crippen LogP contribution is -2.21. The van der Waals surface area contributed by atoms with Crippen LogP contribution in [0.2, 0.25) is 0 Å². The minimum Gasteiger partial charge on any atom is -0.467 e. The standard InChI is InChI=1S/C17H14N2O2S/c1-19-14-7-3-2-6-12(14)13-9-15(22-17(13)19)16(20)18-10-11-5-4-8-21-11/h2-9H,10H2,1H3,(H,18,20). The number of rotatable bonds is 3. The van der Waals surface area contributed by atoms with Gasteiger partial charge in [0.2, 0.25) is 0 Å². The van der Waals surface area contributed by atoms with E-state index in [1.807, 2.05) is 37.4 Å². The SMILES string of the molecule is Cn1c2ccccc2c2cc(C(=O)NCc3ccco3)sc21. The van der Waals surface area contributed by atoms with E-state index in [1.165, 1.54) is 22.2 Å². The first kappa shape index (κ1) is 13.2. The maximum Gasteiger partial charge on any atom is 0.261 e. The minimum absolute atomic E-state index is 0.0679. The van der Waals surface area contributed by atoms with Crippen molar-refractivity contribution in [3.05, 3.63) is 59.4 Å². The second-order valence-electron chi connectivity index (χ2n) is 5.17. The first-order valence-electron chi connectivity index (χ1n) is 7.01. The number of carbonyl (C=O) groups excluding carboxylic acids is 1. The molecule has 22 heavy (non-hydrogen) atoms. The van der Waals surface area contributed by atoms with Gasteiger partial charge in [-0.15, -0.1) is 11.3 Å². The Labute approximate surface area is 131 Å². The van der Waals surface area contributed by atoms with Crippen LogP contribution >= 0.6 is 11.3 Å². The van der Waals surface area contributed by atoms with Gasteiger partial charge in [0, 0.05) is 23.3 Å². The molecule has 0 saturated heterocycles. The zero-order chi connectivity index (χ0) is 15.1. The van der Waals surface area contributed by atoms with Gasteiger partial charge in [-0.25, -0.2) is 0 Å². The number of hydrogen-bond acceptors (Lipinski definition) is 3. The maximum absolute atomic E-state index is 12.3. The Morgan fingerprint density at radius 2 is 2.09 bits per heavy atom. The van der Waals surface area contributed by atoms with E-state index < -0.39 is 0 Å². The summed E-state index contributed by atoms with van der Waals surface area (Å²) in [7, 11) is 2.03. The number of thiophene rings is 1. The Hall–Kier alpha value is -2.53. The number of carbonyl (C=O) groups is 1. The second kappa shape index (κ2) is 5.03. The smallest absolute Gasteiger partial charge is 0.261 e. The van der Waals surface area contributed by atoms with Crippen LogP contribution in [0.1, 0.15) is 15.4 Å². The summed E-state index contributed by atoms with van der Waals surface area (Å²) in [5, 5.41) is 5.20. The Balaban J connectivity index is 1.67. The van der Waals surface area contributed by atoms with E-state index in [0.29, 0.717) is 6.54 Å². The lowest BCUT2D eigenvalue weighted by atomic mass is 10.2. The van der Waals surface area contributed by atoms with Crippen molar-refractivity contribution in [2.24, 2.45) is 7.05 Å². The molecule has 4 rings (SSSR count). The highest BCUT2D eigenvalue weighted by atomic mass is 32.1. The van der Waals surface area contributed by atoms with Gasteiger partial charge in [-0.1, -0.05) is 18.2 Å². The van der Waals surface area contributed by atoms with Crippen molar-refractivity contribution in [3.8, 4) is 0 Å². The first-order valence-corrected chi connectivity index (χ1v) is 7.83. The summed E-state index contributed by atoms with van der Waals surface area (Å²) < 4.78 is 7.36. The zero-order valence-corrected chi connectivity index (χ0v) is 12.8. The fourth-order valence-corrected chi connectivity index (χ4v) is 3.77. The van der Waals surface area contributed by atoms with Crippen molar-refractivity contribution in [2.45, 2.75) is 6.54 Å². The van der Waals surface area contributed by atoms with Crippen molar-refractivity contribution < 1.29 is 9.21 Å². The van der Waals surface area contributed by atoms with Crippen LogP contribution < -0.4 is 5.32 Å². The Morgan fingerprint density at radius 3 is 2.91 bits per heavy atom. The molecular formula is C17H14N2O2S. The van der Waals surface area contributed by atoms with Gasteiger partial charge in [0.25, 0.3) is 5.91 Å². The van der Waals surface area contributed by atoms with Gasteiger partial charge < -0.3 is 14.3 Å². The number of amides is 1. The van der Waals surface area contributed by atoms with Gasteiger partial charge in [0.15, 0.2) is 0 Å². The van der Waals surface area contributed by atoms with Gasteiger partial charge in [-0.2, -0.15) is 0 Å². The Morgan fingerprint density at radius 1 is 1.23 bits per heavy atom. The van der Waals surface area contributed by atoms with E-state index in [9.17, 15) is 4.79 Å². The summed E-state index contributed by atoms with van der Waals surface area (Å²) in [5.74, 6) is 0.682. The molecule has 0 saturated carbocycles. The van der Waals surface area contributed by atoms with E-state index in [0.717, 1.165) is 20.9 Å². The minimum atomic E-state index is -0.0679. The molecule has 1 N–H and O–H groups in total. The van der Waals surface area contributed by atoms with E-state index >= 15 is 0 Å². The molecule has 0 fully saturated rings. The molecule has 5 heteroatoms. The fraction of sp³-hybridized carbons (Fsp3) is 0.118. The quantitative estimate of drug-likeness (QED) is 0.623. The topological polar surface area (TPSA) is 47.2 Å². The Bertz CT molecular complexity index is 963. The number of aryl methyl sites for hydroxylation is 1. The molecule has 0 aliphatic heterocycles. The summed E-state index contributed by atoms with van der Waals surface area (Å²) in [4.78, 5) is 14.1. The number of hydrogen-bond donors (Lipinski definition) is 1. The number of para-hydroxylation sites is 1. The summed E-state index contributed by atoms with van der Waals surface area (Å²) in [5.41, 5.74) is 1.19. The van der Waals surface area contributed by atoms with E-state index in [-0.39, 0.29) is 5.91 Å². The number of nitrogens with zero attached hydrogens (tertiary/aromatic N) is 1. The van der Waals surface area contributed by atoms with E-state index in [2.05, 4.69) is 22.0 Å². The lowest BCUT2D eigenvalue weighted by Gasteiger charge is -2.00. The van der Waals surface area contributed by atoms with E-state index in [1.54, 1.807) is 6.26 Å². The largest absolute Gasteiger partial charge is 0.467 e. The van der Waals surface area contributed by atoms with Crippen molar-refractivity contribution in [1.82, 2.24) is 9.88 Å². The molecular weight excluding hydrogens is 296 g/mol. The van der Waals surface area contributed by atoms with Crippen LogP contribution in [-0.4, -0.2) is 10.5 Å². The number of furan rings is 1. The molecule has 3 aromatic heterocycles. The lowest BCUT2D eigenvalue weighted by molar-refractivity contribution is 0.0952. The fourth-order valence-electron chi connectivity index (χ4n) is 2.71. The molecule has 4 nitrogen and oxygen atoms in total. The number of fused-ring (bicyclic) bond motifs is 3. The highest BCUT2D eigenvalue weighted by Crippen LogP contribution is 2.34. The summed E-state index contributed by atoms with van der Waals surface area (Å²) in [6.07, 6.45) is 1.60. The average molecular weight is 310 g/mol. The first-order chi connectivity index (χ1) is 10.7. The van der Waals surface area contributed by atoms with Crippen LogP contribution in [0.4, 0.5) is 0 Å². The summed E-state index contributed by atoms with van der Waals surface area (Å²) >= 11 is 1.52. The average Bonchev–Trinajstić information content (AvgIpc) is 3.24. The summed E-state index contributed by atoms with van der Waals surface area (Å²) in [6.45, 7) is 0.404. The van der Waals surface area contributed by atoms with Crippen LogP contribution in [0.3, 0.4) is 0 Å². The van der Waals surface area contributed by atoms with Gasteiger partial charge in [-0.05, 0) is 24.3 Å². The van der Waals surface area contributed by atoms with Crippen LogP contribution in [0.15, 0.2) is 53.1 Å². The molecule has 0 radical (unpaired) electrons. The summed E-state index contributed by atoms with van der Waals surface area (Å²) in [6, 6.07) is 13.9. The van der Waals surface area contributed by atoms with Crippen molar-refractivity contribution >= 4 is 38.4 Å². The van der Waals surface area contributed by atoms with Crippen molar-refractivity contribution in [2.75, 3.05) is 0 Å². The molecule has 0 aliphatic carbocycles. The molecule has 1 aromatic carbocycles. The molecule has 0 atom stereocenters. The normalized spacial score (nSPS) is 11.3. The third-order valence-corrected chi connectivity index (χ3v) is 5.01. The number of aromatic nitrogens is 1.